The highest BCUT2D eigenvalue weighted by Gasteiger charge is 2.25. The molecular weight excluding hydrogens is 274 g/mol. The fourth-order valence-corrected chi connectivity index (χ4v) is 3.03. The lowest BCUT2D eigenvalue weighted by Gasteiger charge is -2.23. The van der Waals surface area contributed by atoms with Crippen LogP contribution in [0.2, 0.25) is 0 Å². The second-order valence-corrected chi connectivity index (χ2v) is 6.12. The van der Waals surface area contributed by atoms with Crippen molar-refractivity contribution in [3.8, 4) is 0 Å². The number of amides is 1. The largest absolute Gasteiger partial charge is 0.372 e. The lowest BCUT2D eigenvalue weighted by atomic mass is 10.1. The number of likely N-dealkylation sites (tertiary alicyclic amines) is 1. The maximum absolute atomic E-state index is 12.5. The monoisotopic (exact) mass is 303 g/mol. The quantitative estimate of drug-likeness (QED) is 0.842. The van der Waals surface area contributed by atoms with Crippen LogP contribution in [0.15, 0.2) is 24.3 Å². The maximum Gasteiger partial charge on any atom is 0.253 e. The SMILES string of the molecule is CCCCN(CC)c1ccc(C(=O)N2CCC(CN)C2)cc1. The molecule has 0 spiro atoms. The fourth-order valence-electron chi connectivity index (χ4n) is 3.03. The molecule has 1 heterocycles. The molecule has 4 heteroatoms. The highest BCUT2D eigenvalue weighted by atomic mass is 16.2. The van der Waals surface area contributed by atoms with Crippen molar-refractivity contribution in [3.63, 3.8) is 0 Å². The fraction of sp³-hybridized carbons (Fsp3) is 0.611. The van der Waals surface area contributed by atoms with Crippen LogP contribution in [0.25, 0.3) is 0 Å². The van der Waals surface area contributed by atoms with Gasteiger partial charge in [-0.05, 0) is 56.5 Å². The van der Waals surface area contributed by atoms with Crippen LogP contribution in [0.3, 0.4) is 0 Å². The van der Waals surface area contributed by atoms with Crippen LogP contribution in [0, 0.1) is 5.92 Å². The highest BCUT2D eigenvalue weighted by Crippen LogP contribution is 2.20. The molecule has 1 atom stereocenters. The van der Waals surface area contributed by atoms with E-state index < -0.39 is 0 Å². The van der Waals surface area contributed by atoms with E-state index in [0.29, 0.717) is 12.5 Å². The second kappa shape index (κ2) is 8.18. The lowest BCUT2D eigenvalue weighted by Crippen LogP contribution is -2.30. The Hall–Kier alpha value is -1.55. The Balaban J connectivity index is 2.00. The molecule has 0 radical (unpaired) electrons. The number of unbranched alkanes of at least 4 members (excludes halogenated alkanes) is 1. The summed E-state index contributed by atoms with van der Waals surface area (Å²) >= 11 is 0. The molecule has 0 aromatic heterocycles. The standard InChI is InChI=1S/C18H29N3O/c1-3-5-11-20(4-2)17-8-6-16(7-9-17)18(22)21-12-10-15(13-19)14-21/h6-9,15H,3-5,10-14,19H2,1-2H3. The molecule has 1 aliphatic heterocycles. The number of carbonyl (C=O) groups excluding carboxylic acids is 1. The van der Waals surface area contributed by atoms with Crippen LogP contribution in [0.4, 0.5) is 5.69 Å². The first-order chi connectivity index (χ1) is 10.7. The molecule has 1 aromatic rings. The number of rotatable bonds is 7. The van der Waals surface area contributed by atoms with Gasteiger partial charge in [-0.15, -0.1) is 0 Å². The predicted molar refractivity (Wildman–Crippen MR) is 92.3 cm³/mol. The van der Waals surface area contributed by atoms with Gasteiger partial charge in [0.05, 0.1) is 0 Å². The maximum atomic E-state index is 12.5. The number of nitrogens with two attached hydrogens (primary N) is 1. The van der Waals surface area contributed by atoms with Crippen molar-refractivity contribution in [2.24, 2.45) is 11.7 Å². The topological polar surface area (TPSA) is 49.6 Å². The molecule has 1 fully saturated rings. The summed E-state index contributed by atoms with van der Waals surface area (Å²) in [6.45, 7) is 8.76. The Morgan fingerprint density at radius 3 is 2.59 bits per heavy atom. The van der Waals surface area contributed by atoms with Gasteiger partial charge in [-0.1, -0.05) is 13.3 Å². The molecule has 1 saturated heterocycles. The van der Waals surface area contributed by atoms with Gasteiger partial charge in [-0.25, -0.2) is 0 Å². The molecule has 0 aliphatic carbocycles. The molecule has 0 bridgehead atoms. The van der Waals surface area contributed by atoms with Gasteiger partial charge in [0.2, 0.25) is 0 Å². The van der Waals surface area contributed by atoms with E-state index in [0.717, 1.165) is 38.2 Å². The molecule has 4 nitrogen and oxygen atoms in total. The molecule has 1 amide bonds. The summed E-state index contributed by atoms with van der Waals surface area (Å²) in [5.74, 6) is 0.604. The van der Waals surface area contributed by atoms with Gasteiger partial charge in [-0.2, -0.15) is 0 Å². The zero-order valence-corrected chi connectivity index (χ0v) is 13.9. The van der Waals surface area contributed by atoms with Crippen molar-refractivity contribution >= 4 is 11.6 Å². The predicted octanol–water partition coefficient (Wildman–Crippen LogP) is 2.73. The molecule has 1 unspecified atom stereocenters. The van der Waals surface area contributed by atoms with E-state index in [-0.39, 0.29) is 5.91 Å². The van der Waals surface area contributed by atoms with Gasteiger partial charge in [0.1, 0.15) is 0 Å². The summed E-state index contributed by atoms with van der Waals surface area (Å²) in [6, 6.07) is 8.07. The van der Waals surface area contributed by atoms with Gasteiger partial charge < -0.3 is 15.5 Å². The van der Waals surface area contributed by atoms with Gasteiger partial charge >= 0.3 is 0 Å². The first-order valence-electron chi connectivity index (χ1n) is 8.53. The molecule has 1 aliphatic rings. The summed E-state index contributed by atoms with van der Waals surface area (Å²) in [6.07, 6.45) is 3.42. The van der Waals surface area contributed by atoms with E-state index in [4.69, 9.17) is 5.73 Å². The van der Waals surface area contributed by atoms with Gasteiger partial charge in [0, 0.05) is 37.4 Å². The van der Waals surface area contributed by atoms with Crippen LogP contribution in [-0.2, 0) is 0 Å². The number of benzene rings is 1. The number of nitrogens with zero attached hydrogens (tertiary/aromatic N) is 2. The summed E-state index contributed by atoms with van der Waals surface area (Å²) < 4.78 is 0. The van der Waals surface area contributed by atoms with Crippen molar-refractivity contribution in [3.05, 3.63) is 29.8 Å². The van der Waals surface area contributed by atoms with Crippen LogP contribution >= 0.6 is 0 Å². The molecule has 2 rings (SSSR count). The van der Waals surface area contributed by atoms with Crippen molar-refractivity contribution in [1.29, 1.82) is 0 Å². The van der Waals surface area contributed by atoms with Crippen molar-refractivity contribution in [2.75, 3.05) is 37.6 Å². The Kier molecular flexibility index (Phi) is 6.25. The number of anilines is 1. The summed E-state index contributed by atoms with van der Waals surface area (Å²) in [5, 5.41) is 0. The van der Waals surface area contributed by atoms with Crippen molar-refractivity contribution in [1.82, 2.24) is 4.90 Å². The Morgan fingerprint density at radius 2 is 2.05 bits per heavy atom. The average Bonchev–Trinajstić information content (AvgIpc) is 3.04. The van der Waals surface area contributed by atoms with E-state index in [1.165, 1.54) is 18.5 Å². The Bertz CT molecular complexity index is 472. The number of carbonyl (C=O) groups is 1. The summed E-state index contributed by atoms with van der Waals surface area (Å²) in [7, 11) is 0. The van der Waals surface area contributed by atoms with E-state index in [1.807, 2.05) is 17.0 Å². The van der Waals surface area contributed by atoms with Gasteiger partial charge in [0.25, 0.3) is 5.91 Å². The summed E-state index contributed by atoms with van der Waals surface area (Å²) in [4.78, 5) is 16.8. The minimum atomic E-state index is 0.138. The third-order valence-electron chi connectivity index (χ3n) is 4.55. The van der Waals surface area contributed by atoms with Crippen molar-refractivity contribution in [2.45, 2.75) is 33.1 Å². The normalized spacial score (nSPS) is 17.8. The number of hydrogen-bond donors (Lipinski definition) is 1. The zero-order chi connectivity index (χ0) is 15.9. The first kappa shape index (κ1) is 16.8. The van der Waals surface area contributed by atoms with E-state index in [9.17, 15) is 4.79 Å². The second-order valence-electron chi connectivity index (χ2n) is 6.12. The van der Waals surface area contributed by atoms with Gasteiger partial charge in [0.15, 0.2) is 0 Å². The van der Waals surface area contributed by atoms with Crippen LogP contribution in [0.1, 0.15) is 43.5 Å². The molecule has 2 N–H and O–H groups in total. The molecule has 22 heavy (non-hydrogen) atoms. The molecular formula is C18H29N3O. The Labute approximate surface area is 134 Å². The molecule has 122 valence electrons. The van der Waals surface area contributed by atoms with Crippen LogP contribution < -0.4 is 10.6 Å². The smallest absolute Gasteiger partial charge is 0.253 e. The first-order valence-corrected chi connectivity index (χ1v) is 8.53. The average molecular weight is 303 g/mol. The Morgan fingerprint density at radius 1 is 1.32 bits per heavy atom. The van der Waals surface area contributed by atoms with E-state index in [2.05, 4.69) is 30.9 Å². The molecule has 0 saturated carbocycles. The van der Waals surface area contributed by atoms with Crippen LogP contribution in [-0.4, -0.2) is 43.5 Å². The van der Waals surface area contributed by atoms with E-state index >= 15 is 0 Å². The number of hydrogen-bond acceptors (Lipinski definition) is 3. The molecule has 1 aromatic carbocycles. The third kappa shape index (κ3) is 4.01. The minimum Gasteiger partial charge on any atom is -0.372 e. The zero-order valence-electron chi connectivity index (χ0n) is 13.9. The van der Waals surface area contributed by atoms with E-state index in [1.54, 1.807) is 0 Å². The minimum absolute atomic E-state index is 0.138. The van der Waals surface area contributed by atoms with Crippen LogP contribution in [0.5, 0.6) is 0 Å². The summed E-state index contributed by atoms with van der Waals surface area (Å²) in [5.41, 5.74) is 7.69. The van der Waals surface area contributed by atoms with Gasteiger partial charge in [-0.3, -0.25) is 4.79 Å². The highest BCUT2D eigenvalue weighted by molar-refractivity contribution is 5.94. The third-order valence-corrected chi connectivity index (χ3v) is 4.55. The lowest BCUT2D eigenvalue weighted by molar-refractivity contribution is 0.0787. The van der Waals surface area contributed by atoms with Crippen molar-refractivity contribution < 1.29 is 4.79 Å².